The number of carboxylic acids is 1. The van der Waals surface area contributed by atoms with Crippen molar-refractivity contribution in [3.05, 3.63) is 29.3 Å². The molecule has 0 spiro atoms. The Hall–Kier alpha value is -2.04. The van der Waals surface area contributed by atoms with Crippen LogP contribution >= 0.6 is 0 Å². The summed E-state index contributed by atoms with van der Waals surface area (Å²) in [4.78, 5) is 22.6. The number of nitrogens with two attached hydrogens (primary N) is 1. The summed E-state index contributed by atoms with van der Waals surface area (Å²) < 4.78 is 4.94. The van der Waals surface area contributed by atoms with Gasteiger partial charge in [0.1, 0.15) is 0 Å². The molecule has 0 aliphatic carbocycles. The van der Waals surface area contributed by atoms with Crippen molar-refractivity contribution in [2.75, 3.05) is 5.73 Å². The fourth-order valence-electron chi connectivity index (χ4n) is 1.46. The molecule has 1 atom stereocenters. The van der Waals surface area contributed by atoms with Gasteiger partial charge in [0.15, 0.2) is 6.10 Å². The summed E-state index contributed by atoms with van der Waals surface area (Å²) in [5.74, 6) is -1.80. The zero-order valence-electron chi connectivity index (χ0n) is 10.5. The number of hydrogen-bond acceptors (Lipinski definition) is 4. The molecule has 0 fully saturated rings. The summed E-state index contributed by atoms with van der Waals surface area (Å²) in [6.45, 7) is 3.65. The molecular weight excluding hydrogens is 234 g/mol. The van der Waals surface area contributed by atoms with Gasteiger partial charge in [-0.05, 0) is 31.0 Å². The van der Waals surface area contributed by atoms with Gasteiger partial charge in [0.25, 0.3) is 0 Å². The van der Waals surface area contributed by atoms with Crippen molar-refractivity contribution >= 4 is 17.6 Å². The maximum absolute atomic E-state index is 11.8. The molecule has 1 unspecified atom stereocenters. The van der Waals surface area contributed by atoms with Crippen molar-refractivity contribution in [1.82, 2.24) is 0 Å². The molecule has 3 N–H and O–H groups in total. The van der Waals surface area contributed by atoms with Gasteiger partial charge < -0.3 is 15.6 Å². The van der Waals surface area contributed by atoms with E-state index in [4.69, 9.17) is 15.6 Å². The highest BCUT2D eigenvalue weighted by molar-refractivity contribution is 5.92. The summed E-state index contributed by atoms with van der Waals surface area (Å²) in [6, 6.07) is 4.75. The van der Waals surface area contributed by atoms with Crippen molar-refractivity contribution in [2.45, 2.75) is 32.8 Å². The summed E-state index contributed by atoms with van der Waals surface area (Å²) >= 11 is 0. The van der Waals surface area contributed by atoms with E-state index in [0.717, 1.165) is 5.56 Å². The Morgan fingerprint density at radius 3 is 2.61 bits per heavy atom. The van der Waals surface area contributed by atoms with Crippen LogP contribution < -0.4 is 5.73 Å². The van der Waals surface area contributed by atoms with E-state index in [1.54, 1.807) is 12.1 Å². The number of rotatable bonds is 5. The Balaban J connectivity index is 2.80. The standard InChI is InChI=1S/C13H17NO4/c1-3-4-11(12(15)16)18-13(17)9-6-5-8(2)10(14)7-9/h5-7,11H,3-4,14H2,1-2H3,(H,15,16). The molecule has 0 radical (unpaired) electrons. The van der Waals surface area contributed by atoms with Crippen molar-refractivity contribution in [1.29, 1.82) is 0 Å². The number of carboxylic acid groups (broad SMARTS) is 1. The van der Waals surface area contributed by atoms with Crippen LogP contribution in [0, 0.1) is 6.92 Å². The second-order valence-corrected chi connectivity index (χ2v) is 4.09. The lowest BCUT2D eigenvalue weighted by Gasteiger charge is -2.13. The number of benzene rings is 1. The van der Waals surface area contributed by atoms with Gasteiger partial charge >= 0.3 is 11.9 Å². The normalized spacial score (nSPS) is 11.9. The number of carbonyl (C=O) groups excluding carboxylic acids is 1. The van der Waals surface area contributed by atoms with Crippen LogP contribution in [0.3, 0.4) is 0 Å². The van der Waals surface area contributed by atoms with E-state index in [9.17, 15) is 9.59 Å². The molecule has 5 heteroatoms. The van der Waals surface area contributed by atoms with Gasteiger partial charge in [0.05, 0.1) is 5.56 Å². The van der Waals surface area contributed by atoms with Gasteiger partial charge in [-0.2, -0.15) is 0 Å². The molecule has 0 aliphatic rings. The first-order valence-electron chi connectivity index (χ1n) is 5.75. The predicted molar refractivity (Wildman–Crippen MR) is 67.3 cm³/mol. The predicted octanol–water partition coefficient (Wildman–Crippen LogP) is 1.99. The molecular formula is C13H17NO4. The Kier molecular flexibility index (Phi) is 4.71. The minimum Gasteiger partial charge on any atom is -0.479 e. The first kappa shape index (κ1) is 14.0. The Labute approximate surface area is 106 Å². The SMILES string of the molecule is CCCC(OC(=O)c1ccc(C)c(N)c1)C(=O)O. The highest BCUT2D eigenvalue weighted by Gasteiger charge is 2.22. The van der Waals surface area contributed by atoms with Crippen LogP contribution in [0.5, 0.6) is 0 Å². The topological polar surface area (TPSA) is 89.6 Å². The second kappa shape index (κ2) is 6.05. The van der Waals surface area contributed by atoms with Gasteiger partial charge in [0, 0.05) is 5.69 Å². The molecule has 0 heterocycles. The maximum atomic E-state index is 11.8. The van der Waals surface area contributed by atoms with Crippen molar-refractivity contribution in [3.63, 3.8) is 0 Å². The highest BCUT2D eigenvalue weighted by Crippen LogP contribution is 2.15. The second-order valence-electron chi connectivity index (χ2n) is 4.09. The summed E-state index contributed by atoms with van der Waals surface area (Å²) in [7, 11) is 0. The number of ether oxygens (including phenoxy) is 1. The van der Waals surface area contributed by atoms with Gasteiger partial charge in [-0.1, -0.05) is 19.4 Å². The lowest BCUT2D eigenvalue weighted by atomic mass is 10.1. The molecule has 0 saturated carbocycles. The van der Waals surface area contributed by atoms with Crippen LogP contribution in [0.1, 0.15) is 35.7 Å². The number of hydrogen-bond donors (Lipinski definition) is 2. The third-order valence-corrected chi connectivity index (χ3v) is 2.59. The number of anilines is 1. The molecule has 0 aromatic heterocycles. The van der Waals surface area contributed by atoms with Gasteiger partial charge in [0.2, 0.25) is 0 Å². The minimum atomic E-state index is -1.13. The molecule has 0 saturated heterocycles. The van der Waals surface area contributed by atoms with E-state index in [0.29, 0.717) is 18.5 Å². The Bertz CT molecular complexity index is 456. The molecule has 98 valence electrons. The third kappa shape index (κ3) is 3.48. The van der Waals surface area contributed by atoms with Crippen LogP contribution in [0.15, 0.2) is 18.2 Å². The zero-order chi connectivity index (χ0) is 13.7. The van der Waals surface area contributed by atoms with E-state index in [2.05, 4.69) is 0 Å². The number of aryl methyl sites for hydroxylation is 1. The molecule has 18 heavy (non-hydrogen) atoms. The lowest BCUT2D eigenvalue weighted by molar-refractivity contribution is -0.147. The average Bonchev–Trinajstić information content (AvgIpc) is 2.31. The van der Waals surface area contributed by atoms with Gasteiger partial charge in [-0.25, -0.2) is 9.59 Å². The first-order chi connectivity index (χ1) is 8.45. The molecule has 0 amide bonds. The number of esters is 1. The molecule has 5 nitrogen and oxygen atoms in total. The molecule has 1 rings (SSSR count). The smallest absolute Gasteiger partial charge is 0.345 e. The number of carbonyl (C=O) groups is 2. The first-order valence-corrected chi connectivity index (χ1v) is 5.75. The number of nitrogen functional groups attached to an aromatic ring is 1. The summed E-state index contributed by atoms with van der Waals surface area (Å²) in [5, 5.41) is 8.90. The zero-order valence-corrected chi connectivity index (χ0v) is 10.5. The Morgan fingerprint density at radius 2 is 2.11 bits per heavy atom. The minimum absolute atomic E-state index is 0.264. The molecule has 1 aromatic carbocycles. The Morgan fingerprint density at radius 1 is 1.44 bits per heavy atom. The number of aliphatic carboxylic acids is 1. The fourth-order valence-corrected chi connectivity index (χ4v) is 1.46. The van der Waals surface area contributed by atoms with Crippen molar-refractivity contribution in [3.8, 4) is 0 Å². The van der Waals surface area contributed by atoms with E-state index in [1.807, 2.05) is 13.8 Å². The van der Waals surface area contributed by atoms with Crippen molar-refractivity contribution in [2.24, 2.45) is 0 Å². The van der Waals surface area contributed by atoms with E-state index < -0.39 is 18.0 Å². The van der Waals surface area contributed by atoms with E-state index in [-0.39, 0.29) is 5.56 Å². The highest BCUT2D eigenvalue weighted by atomic mass is 16.6. The summed E-state index contributed by atoms with van der Waals surface area (Å²) in [5.41, 5.74) is 7.28. The van der Waals surface area contributed by atoms with Crippen LogP contribution in [-0.2, 0) is 9.53 Å². The maximum Gasteiger partial charge on any atom is 0.345 e. The summed E-state index contributed by atoms with van der Waals surface area (Å²) in [6.07, 6.45) is -0.187. The van der Waals surface area contributed by atoms with Gasteiger partial charge in [-0.15, -0.1) is 0 Å². The van der Waals surface area contributed by atoms with E-state index >= 15 is 0 Å². The van der Waals surface area contributed by atoms with Crippen LogP contribution in [0.4, 0.5) is 5.69 Å². The third-order valence-electron chi connectivity index (χ3n) is 2.59. The van der Waals surface area contributed by atoms with E-state index in [1.165, 1.54) is 6.07 Å². The average molecular weight is 251 g/mol. The quantitative estimate of drug-likeness (QED) is 0.617. The fraction of sp³-hybridized carbons (Fsp3) is 0.385. The molecule has 1 aromatic rings. The largest absolute Gasteiger partial charge is 0.479 e. The van der Waals surface area contributed by atoms with Crippen molar-refractivity contribution < 1.29 is 19.4 Å². The van der Waals surface area contributed by atoms with Crippen LogP contribution in [0.2, 0.25) is 0 Å². The van der Waals surface area contributed by atoms with Crippen LogP contribution in [0.25, 0.3) is 0 Å². The monoisotopic (exact) mass is 251 g/mol. The molecule has 0 bridgehead atoms. The van der Waals surface area contributed by atoms with Crippen LogP contribution in [-0.4, -0.2) is 23.1 Å². The lowest BCUT2D eigenvalue weighted by Crippen LogP contribution is -2.26. The van der Waals surface area contributed by atoms with Gasteiger partial charge in [-0.3, -0.25) is 0 Å². The molecule has 0 aliphatic heterocycles.